The van der Waals surface area contributed by atoms with Crippen LogP contribution in [-0.4, -0.2) is 52.1 Å². The molecular formula is C21H19N3O7. The van der Waals surface area contributed by atoms with Crippen molar-refractivity contribution in [2.75, 3.05) is 24.7 Å². The number of nitrogens with zero attached hydrogens (tertiary/aromatic N) is 3. The predicted molar refractivity (Wildman–Crippen MR) is 108 cm³/mol. The van der Waals surface area contributed by atoms with Crippen LogP contribution in [0.15, 0.2) is 57.3 Å². The lowest BCUT2D eigenvalue weighted by molar-refractivity contribution is -0.138. The van der Waals surface area contributed by atoms with Crippen LogP contribution >= 0.6 is 0 Å². The van der Waals surface area contributed by atoms with Gasteiger partial charge in [-0.05, 0) is 31.2 Å². The Morgan fingerprint density at radius 3 is 2.39 bits per heavy atom. The fourth-order valence-electron chi connectivity index (χ4n) is 3.55. The first-order valence-electron chi connectivity index (χ1n) is 9.45. The van der Waals surface area contributed by atoms with Gasteiger partial charge in [0.1, 0.15) is 6.61 Å². The maximum atomic E-state index is 12.4. The highest BCUT2D eigenvalue weighted by atomic mass is 16.5. The number of amides is 3. The number of aromatic hydroxyl groups is 1. The van der Waals surface area contributed by atoms with Crippen molar-refractivity contribution in [1.29, 1.82) is 0 Å². The molecule has 0 aliphatic carbocycles. The normalized spacial score (nSPS) is 17.1. The Hall–Kier alpha value is -3.92. The van der Waals surface area contributed by atoms with E-state index in [1.54, 1.807) is 29.2 Å². The molecule has 0 radical (unpaired) electrons. The summed E-state index contributed by atoms with van der Waals surface area (Å²) in [7, 11) is 0. The van der Waals surface area contributed by atoms with Gasteiger partial charge in [0.15, 0.2) is 5.76 Å². The van der Waals surface area contributed by atoms with E-state index in [-0.39, 0.29) is 29.4 Å². The SMILES string of the molecule is C=CC1=C(C)C(=O)N(Cc2oc(=O)n(-c3ccc(N4CCOCC4=O)cc3)c2O)C1=O. The molecule has 1 fully saturated rings. The van der Waals surface area contributed by atoms with E-state index in [0.29, 0.717) is 24.5 Å². The van der Waals surface area contributed by atoms with E-state index in [9.17, 15) is 24.3 Å². The summed E-state index contributed by atoms with van der Waals surface area (Å²) in [6.07, 6.45) is 1.29. The highest BCUT2D eigenvalue weighted by Gasteiger charge is 2.36. The van der Waals surface area contributed by atoms with Gasteiger partial charge in [-0.3, -0.25) is 19.3 Å². The number of carbonyl (C=O) groups is 3. The van der Waals surface area contributed by atoms with Crippen LogP contribution < -0.4 is 10.7 Å². The van der Waals surface area contributed by atoms with Crippen LogP contribution in [0.2, 0.25) is 0 Å². The molecule has 1 aromatic carbocycles. The maximum Gasteiger partial charge on any atom is 0.426 e. The smallest absolute Gasteiger partial charge is 0.426 e. The number of oxazole rings is 1. The second kappa shape index (κ2) is 7.73. The first-order valence-corrected chi connectivity index (χ1v) is 9.45. The van der Waals surface area contributed by atoms with E-state index < -0.39 is 30.0 Å². The van der Waals surface area contributed by atoms with Crippen molar-refractivity contribution in [1.82, 2.24) is 9.47 Å². The number of hydrogen-bond acceptors (Lipinski definition) is 7. The number of rotatable bonds is 5. The highest BCUT2D eigenvalue weighted by molar-refractivity contribution is 6.20. The van der Waals surface area contributed by atoms with Crippen molar-refractivity contribution in [2.45, 2.75) is 13.5 Å². The van der Waals surface area contributed by atoms with E-state index in [1.807, 2.05) is 0 Å². The fraction of sp³-hybridized carbons (Fsp3) is 0.238. The number of hydrogen-bond donors (Lipinski definition) is 1. The number of benzene rings is 1. The summed E-state index contributed by atoms with van der Waals surface area (Å²) < 4.78 is 11.1. The first-order chi connectivity index (χ1) is 14.8. The van der Waals surface area contributed by atoms with Crippen LogP contribution in [0.5, 0.6) is 5.88 Å². The van der Waals surface area contributed by atoms with Gasteiger partial charge in [-0.25, -0.2) is 9.36 Å². The molecule has 0 spiro atoms. The van der Waals surface area contributed by atoms with Gasteiger partial charge in [-0.1, -0.05) is 12.7 Å². The number of anilines is 1. The van der Waals surface area contributed by atoms with Gasteiger partial charge in [-0.15, -0.1) is 0 Å². The van der Waals surface area contributed by atoms with E-state index >= 15 is 0 Å². The van der Waals surface area contributed by atoms with Crippen LogP contribution in [0, 0.1) is 0 Å². The molecule has 1 N–H and O–H groups in total. The minimum Gasteiger partial charge on any atom is -0.492 e. The Balaban J connectivity index is 1.60. The van der Waals surface area contributed by atoms with Crippen molar-refractivity contribution in [3.05, 3.63) is 64.4 Å². The molecule has 2 aromatic rings. The zero-order valence-electron chi connectivity index (χ0n) is 16.7. The molecule has 1 saturated heterocycles. The van der Waals surface area contributed by atoms with E-state index in [4.69, 9.17) is 9.15 Å². The standard InChI is InChI=1S/C21H19N3O7/c1-3-15-12(2)18(26)23(19(15)27)10-16-20(28)24(21(29)31-16)14-6-4-13(5-7-14)22-8-9-30-11-17(22)25/h3-7,28H,1,8-11H2,2H3. The summed E-state index contributed by atoms with van der Waals surface area (Å²) in [6, 6.07) is 6.36. The summed E-state index contributed by atoms with van der Waals surface area (Å²) in [5.74, 6) is -2.92. The summed E-state index contributed by atoms with van der Waals surface area (Å²) >= 11 is 0. The number of imide groups is 1. The third kappa shape index (κ3) is 3.36. The topological polar surface area (TPSA) is 122 Å². The van der Waals surface area contributed by atoms with E-state index in [2.05, 4.69) is 6.58 Å². The minimum atomic E-state index is -0.879. The van der Waals surface area contributed by atoms with Gasteiger partial charge in [0, 0.05) is 23.4 Å². The number of aromatic nitrogens is 1. The highest BCUT2D eigenvalue weighted by Crippen LogP contribution is 2.28. The van der Waals surface area contributed by atoms with Gasteiger partial charge in [0.25, 0.3) is 17.7 Å². The van der Waals surface area contributed by atoms with Crippen molar-refractivity contribution in [3.63, 3.8) is 0 Å². The van der Waals surface area contributed by atoms with Crippen molar-refractivity contribution >= 4 is 23.4 Å². The number of carbonyl (C=O) groups excluding carboxylic acids is 3. The molecule has 31 heavy (non-hydrogen) atoms. The summed E-state index contributed by atoms with van der Waals surface area (Å²) in [5, 5.41) is 10.6. The van der Waals surface area contributed by atoms with E-state index in [0.717, 1.165) is 9.47 Å². The summed E-state index contributed by atoms with van der Waals surface area (Å²) in [6.45, 7) is 5.46. The lowest BCUT2D eigenvalue weighted by atomic mass is 10.2. The Morgan fingerprint density at radius 1 is 1.10 bits per heavy atom. The maximum absolute atomic E-state index is 12.4. The van der Waals surface area contributed by atoms with Gasteiger partial charge < -0.3 is 19.2 Å². The van der Waals surface area contributed by atoms with Crippen molar-refractivity contribution in [3.8, 4) is 11.6 Å². The molecule has 10 heteroatoms. The third-order valence-corrected chi connectivity index (χ3v) is 5.21. The minimum absolute atomic E-state index is 0.00290. The average Bonchev–Trinajstić information content (AvgIpc) is 3.15. The quantitative estimate of drug-likeness (QED) is 0.706. The average molecular weight is 425 g/mol. The molecular weight excluding hydrogens is 406 g/mol. The summed E-state index contributed by atoms with van der Waals surface area (Å²) in [4.78, 5) is 51.5. The Bertz CT molecular complexity index is 1190. The molecule has 3 heterocycles. The zero-order chi connectivity index (χ0) is 22.3. The van der Waals surface area contributed by atoms with Crippen molar-refractivity contribution in [2.24, 2.45) is 0 Å². The fourth-order valence-corrected chi connectivity index (χ4v) is 3.55. The molecule has 0 saturated carbocycles. The van der Waals surface area contributed by atoms with Gasteiger partial charge in [0.2, 0.25) is 5.88 Å². The van der Waals surface area contributed by atoms with Crippen LogP contribution in [0.25, 0.3) is 5.69 Å². The van der Waals surface area contributed by atoms with Crippen LogP contribution in [0.4, 0.5) is 5.69 Å². The van der Waals surface area contributed by atoms with Gasteiger partial charge >= 0.3 is 5.76 Å². The van der Waals surface area contributed by atoms with Crippen molar-refractivity contribution < 1.29 is 28.6 Å². The van der Waals surface area contributed by atoms with Gasteiger partial charge in [0.05, 0.1) is 18.8 Å². The molecule has 4 rings (SSSR count). The van der Waals surface area contributed by atoms with E-state index in [1.165, 1.54) is 13.0 Å². The molecule has 160 valence electrons. The molecule has 2 aliphatic rings. The summed E-state index contributed by atoms with van der Waals surface area (Å²) in [5.41, 5.74) is 1.32. The third-order valence-electron chi connectivity index (χ3n) is 5.21. The second-order valence-electron chi connectivity index (χ2n) is 7.00. The Morgan fingerprint density at radius 2 is 1.77 bits per heavy atom. The monoisotopic (exact) mass is 425 g/mol. The molecule has 0 unspecified atom stereocenters. The second-order valence-corrected chi connectivity index (χ2v) is 7.00. The molecule has 3 amide bonds. The molecule has 10 nitrogen and oxygen atoms in total. The number of ether oxygens (including phenoxy) is 1. The Labute approximate surface area is 176 Å². The lowest BCUT2D eigenvalue weighted by Crippen LogP contribution is -2.41. The number of morpholine rings is 1. The zero-order valence-corrected chi connectivity index (χ0v) is 16.7. The molecule has 1 aromatic heterocycles. The Kier molecular flexibility index (Phi) is 5.07. The largest absolute Gasteiger partial charge is 0.492 e. The lowest BCUT2D eigenvalue weighted by Gasteiger charge is -2.26. The van der Waals surface area contributed by atoms with Crippen LogP contribution in [0.3, 0.4) is 0 Å². The molecule has 0 bridgehead atoms. The first kappa shape index (κ1) is 20.4. The van der Waals surface area contributed by atoms with Gasteiger partial charge in [-0.2, -0.15) is 0 Å². The molecule has 0 atom stereocenters. The predicted octanol–water partition coefficient (Wildman–Crippen LogP) is 0.871. The van der Waals surface area contributed by atoms with Crippen LogP contribution in [-0.2, 0) is 25.7 Å². The molecule has 2 aliphatic heterocycles. The van der Waals surface area contributed by atoms with Crippen LogP contribution in [0.1, 0.15) is 12.7 Å².